The molecule has 0 radical (unpaired) electrons. The van der Waals surface area contributed by atoms with Crippen LogP contribution in [0.25, 0.3) is 0 Å². The minimum Gasteiger partial charge on any atom is -0.363 e. The van der Waals surface area contributed by atoms with E-state index in [0.29, 0.717) is 6.04 Å². The summed E-state index contributed by atoms with van der Waals surface area (Å²) >= 11 is 3.67. The van der Waals surface area contributed by atoms with E-state index in [1.54, 1.807) is 0 Å². The second-order valence-electron chi connectivity index (χ2n) is 5.11. The maximum atomic E-state index is 4.63. The molecule has 0 spiro atoms. The largest absolute Gasteiger partial charge is 0.363 e. The summed E-state index contributed by atoms with van der Waals surface area (Å²) in [6, 6.07) is 4.88. The van der Waals surface area contributed by atoms with E-state index >= 15 is 0 Å². The normalized spacial score (nSPS) is 16.3. The average Bonchev–Trinajstić information content (AvgIpc) is 3.03. The van der Waals surface area contributed by atoms with Gasteiger partial charge in [-0.3, -0.25) is 4.99 Å². The van der Waals surface area contributed by atoms with Crippen molar-refractivity contribution in [2.24, 2.45) is 4.99 Å². The third-order valence-corrected chi connectivity index (χ3v) is 5.08. The minimum atomic E-state index is 0. The Morgan fingerprint density at radius 3 is 2.82 bits per heavy atom. The van der Waals surface area contributed by atoms with Gasteiger partial charge in [-0.15, -0.1) is 35.3 Å². The Bertz CT molecular complexity index is 417. The minimum absolute atomic E-state index is 0. The molecule has 0 unspecified atom stereocenters. The molecule has 1 aliphatic heterocycles. The van der Waals surface area contributed by atoms with Crippen LogP contribution in [0.4, 0.5) is 5.00 Å². The Hall–Kier alpha value is -0.150. The Morgan fingerprint density at radius 1 is 1.45 bits per heavy atom. The number of guanidine groups is 1. The van der Waals surface area contributed by atoms with Crippen LogP contribution >= 0.6 is 47.1 Å². The van der Waals surface area contributed by atoms with Crippen molar-refractivity contribution in [3.63, 3.8) is 0 Å². The topological polar surface area (TPSA) is 39.7 Å². The van der Waals surface area contributed by atoms with Gasteiger partial charge in [0.1, 0.15) is 0 Å². The van der Waals surface area contributed by atoms with Crippen molar-refractivity contribution in [2.75, 3.05) is 43.1 Å². The molecule has 126 valence electrons. The Balaban J connectivity index is 0.00000242. The maximum Gasteiger partial charge on any atom is 0.191 e. The molecule has 1 aromatic rings. The molecule has 0 atom stereocenters. The third kappa shape index (κ3) is 6.54. The number of piperidine rings is 1. The number of hydrogen-bond acceptors (Lipinski definition) is 4. The number of thiophene rings is 1. The fraction of sp³-hybridized carbons (Fsp3) is 0.667. The van der Waals surface area contributed by atoms with E-state index < -0.39 is 0 Å². The summed E-state index contributed by atoms with van der Waals surface area (Å²) in [6.45, 7) is 6.17. The van der Waals surface area contributed by atoms with Crippen molar-refractivity contribution in [3.8, 4) is 0 Å². The zero-order valence-electron chi connectivity index (χ0n) is 13.4. The highest BCUT2D eigenvalue weighted by Gasteiger charge is 2.20. The lowest BCUT2D eigenvalue weighted by Gasteiger charge is -2.33. The van der Waals surface area contributed by atoms with Crippen molar-refractivity contribution < 1.29 is 0 Å². The van der Waals surface area contributed by atoms with Crippen LogP contribution in [0, 0.1) is 0 Å². The van der Waals surface area contributed by atoms with Gasteiger partial charge < -0.3 is 15.5 Å². The molecule has 0 aromatic carbocycles. The fourth-order valence-electron chi connectivity index (χ4n) is 2.46. The van der Waals surface area contributed by atoms with E-state index in [0.717, 1.165) is 37.9 Å². The van der Waals surface area contributed by atoms with Crippen molar-refractivity contribution in [2.45, 2.75) is 25.8 Å². The summed E-state index contributed by atoms with van der Waals surface area (Å²) < 4.78 is 0. The summed E-state index contributed by atoms with van der Waals surface area (Å²) in [6.07, 6.45) is 4.46. The predicted molar refractivity (Wildman–Crippen MR) is 112 cm³/mol. The maximum absolute atomic E-state index is 4.63. The summed E-state index contributed by atoms with van der Waals surface area (Å²) in [4.78, 5) is 7.12. The van der Waals surface area contributed by atoms with Gasteiger partial charge >= 0.3 is 0 Å². The molecular weight excluding hydrogens is 427 g/mol. The first kappa shape index (κ1) is 19.9. The monoisotopic (exact) mass is 454 g/mol. The molecule has 0 amide bonds. The first-order valence-corrected chi connectivity index (χ1v) is 9.93. The average molecular weight is 454 g/mol. The van der Waals surface area contributed by atoms with Crippen LogP contribution in [0.15, 0.2) is 22.5 Å². The summed E-state index contributed by atoms with van der Waals surface area (Å²) in [5.41, 5.74) is 0. The number of nitrogens with one attached hydrogen (secondary N) is 2. The number of nitrogens with zero attached hydrogens (tertiary/aromatic N) is 2. The number of hydrogen-bond donors (Lipinski definition) is 2. The highest BCUT2D eigenvalue weighted by atomic mass is 127. The summed E-state index contributed by atoms with van der Waals surface area (Å²) in [7, 11) is 0. The van der Waals surface area contributed by atoms with Crippen LogP contribution < -0.4 is 15.5 Å². The van der Waals surface area contributed by atoms with Crippen LogP contribution in [0.5, 0.6) is 0 Å². The Morgan fingerprint density at radius 2 is 2.23 bits per heavy atom. The second kappa shape index (κ2) is 11.4. The lowest BCUT2D eigenvalue weighted by molar-refractivity contribution is 0.463. The van der Waals surface area contributed by atoms with Crippen LogP contribution in [0.3, 0.4) is 0 Å². The molecule has 22 heavy (non-hydrogen) atoms. The number of anilines is 1. The lowest BCUT2D eigenvalue weighted by Crippen LogP contribution is -2.48. The molecule has 0 aliphatic carbocycles. The number of thioether (sulfide) groups is 1. The zero-order valence-corrected chi connectivity index (χ0v) is 17.3. The Kier molecular flexibility index (Phi) is 10.3. The number of rotatable bonds is 6. The fourth-order valence-corrected chi connectivity index (χ4v) is 3.52. The van der Waals surface area contributed by atoms with Gasteiger partial charge in [0.05, 0.1) is 11.5 Å². The van der Waals surface area contributed by atoms with Gasteiger partial charge in [0, 0.05) is 31.4 Å². The van der Waals surface area contributed by atoms with Crippen LogP contribution in [0.1, 0.15) is 19.8 Å². The molecule has 1 aromatic heterocycles. The van der Waals surface area contributed by atoms with Crippen molar-refractivity contribution >= 4 is 58.0 Å². The molecule has 2 rings (SSSR count). The zero-order chi connectivity index (χ0) is 14.9. The first-order chi connectivity index (χ1) is 10.3. The number of halogens is 1. The second-order valence-corrected chi connectivity index (χ2v) is 7.02. The van der Waals surface area contributed by atoms with E-state index in [1.165, 1.54) is 17.8 Å². The van der Waals surface area contributed by atoms with Gasteiger partial charge in [-0.05, 0) is 43.5 Å². The van der Waals surface area contributed by atoms with Crippen molar-refractivity contribution in [1.29, 1.82) is 0 Å². The molecule has 2 heterocycles. The molecular formula is C15H27IN4S2. The van der Waals surface area contributed by atoms with E-state index in [2.05, 4.69) is 51.2 Å². The van der Waals surface area contributed by atoms with Gasteiger partial charge in [0.25, 0.3) is 0 Å². The molecule has 1 fully saturated rings. The van der Waals surface area contributed by atoms with Gasteiger partial charge in [0.15, 0.2) is 5.96 Å². The van der Waals surface area contributed by atoms with Gasteiger partial charge in [0.2, 0.25) is 0 Å². The predicted octanol–water partition coefficient (Wildman–Crippen LogP) is 3.25. The quantitative estimate of drug-likeness (QED) is 0.300. The van der Waals surface area contributed by atoms with Crippen molar-refractivity contribution in [1.82, 2.24) is 10.6 Å². The summed E-state index contributed by atoms with van der Waals surface area (Å²) in [5, 5.41) is 10.5. The van der Waals surface area contributed by atoms with Gasteiger partial charge in [-0.25, -0.2) is 0 Å². The van der Waals surface area contributed by atoms with E-state index in [9.17, 15) is 0 Å². The highest BCUT2D eigenvalue weighted by molar-refractivity contribution is 14.0. The van der Waals surface area contributed by atoms with E-state index in [4.69, 9.17) is 0 Å². The highest BCUT2D eigenvalue weighted by Crippen LogP contribution is 2.24. The first-order valence-electron chi connectivity index (χ1n) is 7.65. The molecule has 1 aliphatic rings. The van der Waals surface area contributed by atoms with Crippen molar-refractivity contribution in [3.05, 3.63) is 17.5 Å². The molecule has 4 nitrogen and oxygen atoms in total. The van der Waals surface area contributed by atoms with Crippen LogP contribution in [-0.4, -0.2) is 50.2 Å². The standard InChI is InChI=1S/C15H26N4S2.HI/c1-3-16-15(17-8-12-20-2)18-13-6-9-19(10-7-13)14-5-4-11-21-14;/h4-5,11,13H,3,6-10,12H2,1-2H3,(H2,16,17,18);1H. The van der Waals surface area contributed by atoms with E-state index in [1.807, 2.05) is 23.1 Å². The molecule has 2 N–H and O–H groups in total. The smallest absolute Gasteiger partial charge is 0.191 e. The molecule has 0 saturated carbocycles. The Labute approximate surface area is 159 Å². The SMILES string of the molecule is CCNC(=NCCSC)NC1CCN(c2cccs2)CC1.I. The van der Waals surface area contributed by atoms with Gasteiger partial charge in [-0.1, -0.05) is 0 Å². The summed E-state index contributed by atoms with van der Waals surface area (Å²) in [5.74, 6) is 2.05. The van der Waals surface area contributed by atoms with Gasteiger partial charge in [-0.2, -0.15) is 11.8 Å². The number of aliphatic imine (C=N–C) groups is 1. The molecule has 0 bridgehead atoms. The molecule has 7 heteroatoms. The van der Waals surface area contributed by atoms with E-state index in [-0.39, 0.29) is 24.0 Å². The van der Waals surface area contributed by atoms with Crippen LogP contribution in [0.2, 0.25) is 0 Å². The van der Waals surface area contributed by atoms with Crippen LogP contribution in [-0.2, 0) is 0 Å². The third-order valence-electron chi connectivity index (χ3n) is 3.56. The lowest BCUT2D eigenvalue weighted by atomic mass is 10.1. The molecule has 1 saturated heterocycles.